The van der Waals surface area contributed by atoms with E-state index in [2.05, 4.69) is 16.8 Å². The van der Waals surface area contributed by atoms with Gasteiger partial charge in [0.25, 0.3) is 0 Å². The first kappa shape index (κ1) is 11.7. The van der Waals surface area contributed by atoms with E-state index in [1.807, 2.05) is 0 Å². The summed E-state index contributed by atoms with van der Waals surface area (Å²) in [6, 6.07) is 5.19. The first-order valence-corrected chi connectivity index (χ1v) is 5.49. The maximum Gasteiger partial charge on any atom is 0.202 e. The third-order valence-corrected chi connectivity index (χ3v) is 2.83. The molecule has 5 heteroatoms. The third-order valence-electron chi connectivity index (χ3n) is 2.63. The number of hydrogen-bond donors (Lipinski definition) is 1. The standard InChI is InChI=1S/C12H12N2O2S/c1-12(2)11(15)6-10(16-12)7-3-4-9(14-17)8(13)5-7/h3-6H,13H2,1-2H3. The Morgan fingerprint density at radius 3 is 2.59 bits per heavy atom. The Kier molecular flexibility index (Phi) is 2.71. The van der Waals surface area contributed by atoms with E-state index in [0.29, 0.717) is 17.1 Å². The van der Waals surface area contributed by atoms with Gasteiger partial charge >= 0.3 is 0 Å². The Bertz CT molecular complexity index is 535. The highest BCUT2D eigenvalue weighted by Gasteiger charge is 2.35. The van der Waals surface area contributed by atoms with Crippen molar-refractivity contribution in [1.29, 1.82) is 0 Å². The van der Waals surface area contributed by atoms with E-state index < -0.39 is 5.60 Å². The number of nitrogens with zero attached hydrogens (tertiary/aromatic N) is 1. The largest absolute Gasteiger partial charge is 0.479 e. The molecule has 0 aromatic heterocycles. The van der Waals surface area contributed by atoms with Gasteiger partial charge in [0, 0.05) is 24.1 Å². The minimum absolute atomic E-state index is 0.0527. The molecule has 0 aliphatic carbocycles. The van der Waals surface area contributed by atoms with E-state index in [9.17, 15) is 4.79 Å². The molecular formula is C12H12N2O2S. The van der Waals surface area contributed by atoms with Gasteiger partial charge in [-0.15, -0.1) is 0 Å². The lowest BCUT2D eigenvalue weighted by Gasteiger charge is -2.18. The van der Waals surface area contributed by atoms with Gasteiger partial charge in [0.2, 0.25) is 5.78 Å². The first-order valence-electron chi connectivity index (χ1n) is 5.12. The van der Waals surface area contributed by atoms with E-state index in [4.69, 9.17) is 10.5 Å². The van der Waals surface area contributed by atoms with Crippen LogP contribution >= 0.6 is 0 Å². The van der Waals surface area contributed by atoms with Crippen molar-refractivity contribution in [2.45, 2.75) is 19.4 Å². The van der Waals surface area contributed by atoms with E-state index in [1.165, 1.54) is 6.08 Å². The molecule has 0 unspecified atom stereocenters. The van der Waals surface area contributed by atoms with E-state index in [-0.39, 0.29) is 5.78 Å². The molecular weight excluding hydrogens is 236 g/mol. The van der Waals surface area contributed by atoms with Crippen molar-refractivity contribution in [3.8, 4) is 0 Å². The second kappa shape index (κ2) is 3.92. The Balaban J connectivity index is 2.38. The van der Waals surface area contributed by atoms with E-state index >= 15 is 0 Å². The normalized spacial score (nSPS) is 17.5. The van der Waals surface area contributed by atoms with Crippen LogP contribution in [0, 0.1) is 0 Å². The summed E-state index contributed by atoms with van der Waals surface area (Å²) in [7, 11) is 0. The predicted octanol–water partition coefficient (Wildman–Crippen LogP) is 2.35. The maximum absolute atomic E-state index is 11.6. The van der Waals surface area contributed by atoms with Crippen LogP contribution in [0.15, 0.2) is 28.6 Å². The van der Waals surface area contributed by atoms with Gasteiger partial charge in [0.15, 0.2) is 5.60 Å². The lowest BCUT2D eigenvalue weighted by atomic mass is 10.1. The third kappa shape index (κ3) is 2.06. The highest BCUT2D eigenvalue weighted by atomic mass is 32.1. The number of carbonyl (C=O) groups is 1. The monoisotopic (exact) mass is 248 g/mol. The van der Waals surface area contributed by atoms with Gasteiger partial charge in [0.1, 0.15) is 5.76 Å². The van der Waals surface area contributed by atoms with E-state index in [1.54, 1.807) is 32.0 Å². The van der Waals surface area contributed by atoms with Crippen molar-refractivity contribution >= 4 is 35.3 Å². The lowest BCUT2D eigenvalue weighted by Crippen LogP contribution is -2.27. The minimum atomic E-state index is -0.800. The molecule has 0 amide bonds. The topological polar surface area (TPSA) is 64.7 Å². The lowest BCUT2D eigenvalue weighted by molar-refractivity contribution is -0.125. The van der Waals surface area contributed by atoms with Crippen molar-refractivity contribution in [3.63, 3.8) is 0 Å². The van der Waals surface area contributed by atoms with Gasteiger partial charge < -0.3 is 10.5 Å². The zero-order valence-corrected chi connectivity index (χ0v) is 10.4. The molecule has 0 spiro atoms. The van der Waals surface area contributed by atoms with Crippen LogP contribution < -0.4 is 5.73 Å². The Hall–Kier alpha value is -1.75. The molecule has 0 saturated carbocycles. The van der Waals surface area contributed by atoms with Crippen molar-refractivity contribution in [1.82, 2.24) is 0 Å². The summed E-state index contributed by atoms with van der Waals surface area (Å²) >= 11 is 4.58. The number of hydrogen-bond acceptors (Lipinski definition) is 5. The number of benzene rings is 1. The molecule has 1 aliphatic heterocycles. The minimum Gasteiger partial charge on any atom is -0.479 e. The average molecular weight is 248 g/mol. The zero-order valence-electron chi connectivity index (χ0n) is 9.56. The molecule has 0 atom stereocenters. The van der Waals surface area contributed by atoms with Gasteiger partial charge in [-0.2, -0.15) is 4.36 Å². The van der Waals surface area contributed by atoms with Crippen LogP contribution in [-0.4, -0.2) is 11.4 Å². The van der Waals surface area contributed by atoms with Crippen LogP contribution in [-0.2, 0) is 22.0 Å². The quantitative estimate of drug-likeness (QED) is 0.816. The second-order valence-corrected chi connectivity index (χ2v) is 4.53. The molecule has 0 fully saturated rings. The summed E-state index contributed by atoms with van der Waals surface area (Å²) in [5.41, 5.74) is 6.75. The predicted molar refractivity (Wildman–Crippen MR) is 68.5 cm³/mol. The molecule has 88 valence electrons. The first-order chi connectivity index (χ1) is 7.94. The molecule has 1 aromatic carbocycles. The fourth-order valence-electron chi connectivity index (χ4n) is 1.58. The van der Waals surface area contributed by atoms with Gasteiger partial charge in [-0.25, -0.2) is 0 Å². The molecule has 1 aliphatic rings. The van der Waals surface area contributed by atoms with E-state index in [0.717, 1.165) is 5.56 Å². The molecule has 1 heterocycles. The maximum atomic E-state index is 11.6. The number of nitrogen functional groups attached to an aromatic ring is 1. The zero-order chi connectivity index (χ0) is 12.6. The molecule has 0 bridgehead atoms. The van der Waals surface area contributed by atoms with Crippen LogP contribution in [0.3, 0.4) is 0 Å². The van der Waals surface area contributed by atoms with Crippen molar-refractivity contribution in [2.75, 3.05) is 5.73 Å². The van der Waals surface area contributed by atoms with Crippen LogP contribution in [0.5, 0.6) is 0 Å². The molecule has 2 rings (SSSR count). The Labute approximate surface area is 105 Å². The molecule has 0 radical (unpaired) electrons. The van der Waals surface area contributed by atoms with Crippen LogP contribution in [0.25, 0.3) is 5.76 Å². The van der Waals surface area contributed by atoms with Crippen LogP contribution in [0.4, 0.5) is 11.4 Å². The fourth-order valence-corrected chi connectivity index (χ4v) is 1.75. The van der Waals surface area contributed by atoms with Crippen molar-refractivity contribution < 1.29 is 9.53 Å². The summed E-state index contributed by atoms with van der Waals surface area (Å²) in [6.45, 7) is 3.46. The number of nitrogens with two attached hydrogens (primary N) is 1. The molecule has 2 N–H and O–H groups in total. The Morgan fingerprint density at radius 2 is 2.12 bits per heavy atom. The highest BCUT2D eigenvalue weighted by Crippen LogP contribution is 2.33. The number of rotatable bonds is 2. The summed E-state index contributed by atoms with van der Waals surface area (Å²) in [6.07, 6.45) is 1.49. The summed E-state index contributed by atoms with van der Waals surface area (Å²) in [5, 5.41) is 0. The SMILES string of the molecule is CC1(C)OC(c2ccc(N=S)c(N)c2)=CC1=O. The fraction of sp³-hybridized carbons (Fsp3) is 0.250. The molecule has 4 nitrogen and oxygen atoms in total. The van der Waals surface area contributed by atoms with Crippen molar-refractivity contribution in [3.05, 3.63) is 29.8 Å². The van der Waals surface area contributed by atoms with Gasteiger partial charge in [-0.1, -0.05) is 0 Å². The number of anilines is 1. The highest BCUT2D eigenvalue weighted by molar-refractivity contribution is 7.47. The van der Waals surface area contributed by atoms with Gasteiger partial charge in [-0.3, -0.25) is 4.79 Å². The smallest absolute Gasteiger partial charge is 0.202 e. The molecule has 1 aromatic rings. The Morgan fingerprint density at radius 1 is 1.41 bits per heavy atom. The molecule has 17 heavy (non-hydrogen) atoms. The second-order valence-electron chi connectivity index (χ2n) is 4.35. The van der Waals surface area contributed by atoms with Crippen molar-refractivity contribution in [2.24, 2.45) is 4.36 Å². The van der Waals surface area contributed by atoms with Gasteiger partial charge in [-0.05, 0) is 32.0 Å². The van der Waals surface area contributed by atoms with Gasteiger partial charge in [0.05, 0.1) is 11.4 Å². The number of ketones is 1. The number of carbonyl (C=O) groups excluding carboxylic acids is 1. The molecule has 0 saturated heterocycles. The summed E-state index contributed by atoms with van der Waals surface area (Å²) in [4.78, 5) is 11.6. The van der Waals surface area contributed by atoms with Crippen LogP contribution in [0.2, 0.25) is 0 Å². The number of ether oxygens (including phenoxy) is 1. The summed E-state index contributed by atoms with van der Waals surface area (Å²) in [5.74, 6) is 0.478. The van der Waals surface area contributed by atoms with Crippen LogP contribution in [0.1, 0.15) is 19.4 Å². The summed E-state index contributed by atoms with van der Waals surface area (Å²) < 4.78 is 9.19. The average Bonchev–Trinajstić information content (AvgIpc) is 2.53.